The van der Waals surface area contributed by atoms with Gasteiger partial charge in [0.05, 0.1) is 6.54 Å². The number of carbonyl (C=O) groups excluding carboxylic acids is 1. The number of aryl methyl sites for hydroxylation is 1. The van der Waals surface area contributed by atoms with Gasteiger partial charge in [0.15, 0.2) is 11.6 Å². The molecule has 1 fully saturated rings. The van der Waals surface area contributed by atoms with E-state index >= 15 is 0 Å². The smallest absolute Gasteiger partial charge is 0.343 e. The molecule has 4 nitrogen and oxygen atoms in total. The van der Waals surface area contributed by atoms with Gasteiger partial charge in [0.25, 0.3) is 0 Å². The molecule has 0 saturated carbocycles. The number of hydrogen-bond acceptors (Lipinski definition) is 2. The van der Waals surface area contributed by atoms with E-state index in [4.69, 9.17) is 5.11 Å². The standard InChI is InChI=1S/C14H14F3NO3/c15-10-3-1-2-9(12(10)16)4-5-11(19)18-7-6-14(17,8-18)13(20)21/h1-3H,4-8H2,(H,20,21). The second-order valence-electron chi connectivity index (χ2n) is 5.05. The largest absolute Gasteiger partial charge is 0.479 e. The van der Waals surface area contributed by atoms with Crippen molar-refractivity contribution in [2.45, 2.75) is 24.9 Å². The number of carboxylic acids is 1. The minimum Gasteiger partial charge on any atom is -0.479 e. The van der Waals surface area contributed by atoms with E-state index in [-0.39, 0.29) is 31.4 Å². The first-order valence-corrected chi connectivity index (χ1v) is 6.46. The first kappa shape index (κ1) is 15.3. The second-order valence-corrected chi connectivity index (χ2v) is 5.05. The van der Waals surface area contributed by atoms with Crippen LogP contribution in [-0.2, 0) is 16.0 Å². The van der Waals surface area contributed by atoms with E-state index in [1.54, 1.807) is 0 Å². The lowest BCUT2D eigenvalue weighted by atomic mass is 10.1. The van der Waals surface area contributed by atoms with Crippen molar-refractivity contribution in [2.24, 2.45) is 0 Å². The summed E-state index contributed by atoms with van der Waals surface area (Å²) in [5.41, 5.74) is -2.35. The zero-order valence-corrected chi connectivity index (χ0v) is 11.1. The van der Waals surface area contributed by atoms with Gasteiger partial charge in [0.2, 0.25) is 11.6 Å². The molecule has 7 heteroatoms. The average molecular weight is 301 g/mol. The van der Waals surface area contributed by atoms with Crippen LogP contribution in [0.2, 0.25) is 0 Å². The van der Waals surface area contributed by atoms with Crippen molar-refractivity contribution in [1.29, 1.82) is 0 Å². The lowest BCUT2D eigenvalue weighted by molar-refractivity contribution is -0.150. The van der Waals surface area contributed by atoms with Crippen LogP contribution in [0.3, 0.4) is 0 Å². The van der Waals surface area contributed by atoms with Crippen molar-refractivity contribution < 1.29 is 27.9 Å². The summed E-state index contributed by atoms with van der Waals surface area (Å²) in [6.07, 6.45) is -0.413. The Morgan fingerprint density at radius 3 is 2.67 bits per heavy atom. The fourth-order valence-electron chi connectivity index (χ4n) is 2.30. The van der Waals surface area contributed by atoms with Gasteiger partial charge in [-0.25, -0.2) is 18.0 Å². The number of alkyl halides is 1. The summed E-state index contributed by atoms with van der Waals surface area (Å²) >= 11 is 0. The molecular weight excluding hydrogens is 287 g/mol. The highest BCUT2D eigenvalue weighted by Gasteiger charge is 2.46. The molecule has 0 aromatic heterocycles. The lowest BCUT2D eigenvalue weighted by Gasteiger charge is -2.17. The fraction of sp³-hybridized carbons (Fsp3) is 0.429. The third kappa shape index (κ3) is 3.17. The molecule has 0 radical (unpaired) electrons. The molecule has 1 unspecified atom stereocenters. The van der Waals surface area contributed by atoms with Crippen LogP contribution in [0.1, 0.15) is 18.4 Å². The highest BCUT2D eigenvalue weighted by molar-refractivity contribution is 5.82. The monoisotopic (exact) mass is 301 g/mol. The summed E-state index contributed by atoms with van der Waals surface area (Å²) in [6, 6.07) is 3.68. The van der Waals surface area contributed by atoms with Crippen molar-refractivity contribution in [3.63, 3.8) is 0 Å². The molecule has 114 valence electrons. The molecule has 0 spiro atoms. The maximum absolute atomic E-state index is 13.8. The molecule has 1 aromatic carbocycles. The SMILES string of the molecule is O=C(CCc1cccc(F)c1F)N1CCC(F)(C(=O)O)C1. The van der Waals surface area contributed by atoms with Crippen LogP contribution >= 0.6 is 0 Å². The number of nitrogens with zero attached hydrogens (tertiary/aromatic N) is 1. The van der Waals surface area contributed by atoms with E-state index in [1.165, 1.54) is 12.1 Å². The van der Waals surface area contributed by atoms with E-state index in [9.17, 15) is 22.8 Å². The van der Waals surface area contributed by atoms with Gasteiger partial charge in [-0.1, -0.05) is 12.1 Å². The highest BCUT2D eigenvalue weighted by atomic mass is 19.2. The molecule has 0 aliphatic carbocycles. The quantitative estimate of drug-likeness (QED) is 0.924. The minimum atomic E-state index is -2.42. The van der Waals surface area contributed by atoms with Crippen molar-refractivity contribution in [2.75, 3.05) is 13.1 Å². The first-order valence-electron chi connectivity index (χ1n) is 6.46. The number of carbonyl (C=O) groups is 2. The Bertz CT molecular complexity index is 579. The number of amides is 1. The molecule has 1 aliphatic rings. The molecule has 1 amide bonds. The van der Waals surface area contributed by atoms with Crippen molar-refractivity contribution in [1.82, 2.24) is 4.90 Å². The van der Waals surface area contributed by atoms with E-state index < -0.39 is 35.7 Å². The van der Waals surface area contributed by atoms with Gasteiger partial charge in [-0.3, -0.25) is 4.79 Å². The van der Waals surface area contributed by atoms with Crippen LogP contribution in [0.25, 0.3) is 0 Å². The second kappa shape index (κ2) is 5.75. The van der Waals surface area contributed by atoms with Crippen molar-refractivity contribution in [3.8, 4) is 0 Å². The number of carboxylic acid groups (broad SMARTS) is 1. The zero-order chi connectivity index (χ0) is 15.6. The Morgan fingerprint density at radius 1 is 1.33 bits per heavy atom. The van der Waals surface area contributed by atoms with Crippen LogP contribution in [-0.4, -0.2) is 40.6 Å². The number of rotatable bonds is 4. The Labute approximate surface area is 119 Å². The van der Waals surface area contributed by atoms with Crippen LogP contribution in [0.5, 0.6) is 0 Å². The molecule has 21 heavy (non-hydrogen) atoms. The third-order valence-electron chi connectivity index (χ3n) is 3.60. The molecule has 1 atom stereocenters. The summed E-state index contributed by atoms with van der Waals surface area (Å²) < 4.78 is 40.3. The minimum absolute atomic E-state index is 0.00721. The van der Waals surface area contributed by atoms with Gasteiger partial charge in [0, 0.05) is 19.4 Å². The van der Waals surface area contributed by atoms with Crippen molar-refractivity contribution in [3.05, 3.63) is 35.4 Å². The molecule has 1 aliphatic heterocycles. The van der Waals surface area contributed by atoms with Gasteiger partial charge in [0.1, 0.15) is 0 Å². The van der Waals surface area contributed by atoms with E-state index in [0.717, 1.165) is 11.0 Å². The van der Waals surface area contributed by atoms with Crippen LogP contribution < -0.4 is 0 Å². The third-order valence-corrected chi connectivity index (χ3v) is 3.60. The van der Waals surface area contributed by atoms with Gasteiger partial charge >= 0.3 is 5.97 Å². The number of aliphatic carboxylic acids is 1. The molecule has 1 heterocycles. The fourth-order valence-corrected chi connectivity index (χ4v) is 2.30. The van der Waals surface area contributed by atoms with Gasteiger partial charge < -0.3 is 10.0 Å². The highest BCUT2D eigenvalue weighted by Crippen LogP contribution is 2.26. The molecule has 1 N–H and O–H groups in total. The predicted molar refractivity (Wildman–Crippen MR) is 67.4 cm³/mol. The van der Waals surface area contributed by atoms with E-state index in [2.05, 4.69) is 0 Å². The van der Waals surface area contributed by atoms with Crippen LogP contribution in [0.15, 0.2) is 18.2 Å². The van der Waals surface area contributed by atoms with Crippen LogP contribution in [0, 0.1) is 11.6 Å². The normalized spacial score (nSPS) is 21.6. The number of benzene rings is 1. The van der Waals surface area contributed by atoms with Crippen molar-refractivity contribution >= 4 is 11.9 Å². The Balaban J connectivity index is 1.94. The number of hydrogen-bond donors (Lipinski definition) is 1. The molecular formula is C14H14F3NO3. The maximum atomic E-state index is 13.8. The Hall–Kier alpha value is -2.05. The number of likely N-dealkylation sites (tertiary alicyclic amines) is 1. The summed E-state index contributed by atoms with van der Waals surface area (Å²) in [5.74, 6) is -4.06. The molecule has 0 bridgehead atoms. The Kier molecular flexibility index (Phi) is 4.20. The molecule has 1 saturated heterocycles. The van der Waals surface area contributed by atoms with E-state index in [1.807, 2.05) is 0 Å². The summed E-state index contributed by atoms with van der Waals surface area (Å²) in [6.45, 7) is -0.500. The zero-order valence-electron chi connectivity index (χ0n) is 11.1. The Morgan fingerprint density at radius 2 is 2.05 bits per heavy atom. The number of halogens is 3. The van der Waals surface area contributed by atoms with Crippen LogP contribution in [0.4, 0.5) is 13.2 Å². The van der Waals surface area contributed by atoms with Gasteiger partial charge in [-0.2, -0.15) is 0 Å². The van der Waals surface area contributed by atoms with Gasteiger partial charge in [-0.05, 0) is 18.1 Å². The van der Waals surface area contributed by atoms with Gasteiger partial charge in [-0.15, -0.1) is 0 Å². The first-order chi connectivity index (χ1) is 9.83. The van der Waals surface area contributed by atoms with E-state index in [0.29, 0.717) is 0 Å². The molecule has 2 rings (SSSR count). The maximum Gasteiger partial charge on any atom is 0.343 e. The summed E-state index contributed by atoms with van der Waals surface area (Å²) in [5, 5.41) is 8.74. The average Bonchev–Trinajstić information content (AvgIpc) is 2.84. The predicted octanol–water partition coefficient (Wildman–Crippen LogP) is 1.92. The lowest BCUT2D eigenvalue weighted by Crippen LogP contribution is -2.39. The molecule has 1 aromatic rings. The summed E-state index contributed by atoms with van der Waals surface area (Å²) in [7, 11) is 0. The topological polar surface area (TPSA) is 57.6 Å². The summed E-state index contributed by atoms with van der Waals surface area (Å²) in [4.78, 5) is 23.7.